The average molecular weight is 332 g/mol. The van der Waals surface area contributed by atoms with Crippen LogP contribution in [0.4, 0.5) is 5.82 Å². The fraction of sp³-hybridized carbons (Fsp3) is 0.105. The van der Waals surface area contributed by atoms with Crippen molar-refractivity contribution < 1.29 is 0 Å². The number of para-hydroxylation sites is 1. The highest BCUT2D eigenvalue weighted by Crippen LogP contribution is 2.24. The zero-order chi connectivity index (χ0) is 16.2. The molecule has 0 saturated carbocycles. The molecule has 24 heavy (non-hydrogen) atoms. The Labute approximate surface area is 144 Å². The molecule has 0 bridgehead atoms. The van der Waals surface area contributed by atoms with Crippen LogP contribution in [0.3, 0.4) is 0 Å². The number of hydrogen-bond donors (Lipinski definition) is 1. The minimum Gasteiger partial charge on any atom is -0.369 e. The number of pyridine rings is 1. The molecule has 1 aromatic carbocycles. The minimum atomic E-state index is 0.695. The Morgan fingerprint density at radius 3 is 2.75 bits per heavy atom. The number of fused-ring (bicyclic) bond motifs is 1. The van der Waals surface area contributed by atoms with Gasteiger partial charge in [0.05, 0.1) is 5.52 Å². The molecule has 0 fully saturated rings. The van der Waals surface area contributed by atoms with E-state index in [2.05, 4.69) is 38.9 Å². The molecular weight excluding hydrogens is 316 g/mol. The highest BCUT2D eigenvalue weighted by Gasteiger charge is 2.09. The second-order valence-corrected chi connectivity index (χ2v) is 6.44. The first-order chi connectivity index (χ1) is 11.9. The van der Waals surface area contributed by atoms with Crippen LogP contribution in [-0.4, -0.2) is 21.5 Å². The van der Waals surface area contributed by atoms with Crippen LogP contribution >= 0.6 is 11.3 Å². The maximum atomic E-state index is 4.73. The van der Waals surface area contributed by atoms with Crippen molar-refractivity contribution in [3.05, 3.63) is 71.2 Å². The Hall–Kier alpha value is -2.79. The highest BCUT2D eigenvalue weighted by atomic mass is 32.1. The third kappa shape index (κ3) is 3.12. The number of anilines is 1. The minimum absolute atomic E-state index is 0.695. The summed E-state index contributed by atoms with van der Waals surface area (Å²) in [4.78, 5) is 14.9. The predicted octanol–water partition coefficient (Wildman–Crippen LogP) is 4.41. The van der Waals surface area contributed by atoms with Gasteiger partial charge in [-0.1, -0.05) is 18.2 Å². The van der Waals surface area contributed by atoms with Gasteiger partial charge in [0, 0.05) is 34.8 Å². The van der Waals surface area contributed by atoms with E-state index in [0.717, 1.165) is 35.2 Å². The number of thiophene rings is 1. The van der Waals surface area contributed by atoms with Crippen molar-refractivity contribution in [2.45, 2.75) is 6.42 Å². The first kappa shape index (κ1) is 14.8. The van der Waals surface area contributed by atoms with E-state index in [4.69, 9.17) is 4.98 Å². The van der Waals surface area contributed by atoms with Crippen molar-refractivity contribution in [2.24, 2.45) is 0 Å². The first-order valence-electron chi connectivity index (χ1n) is 7.83. The lowest BCUT2D eigenvalue weighted by Gasteiger charge is -2.10. The van der Waals surface area contributed by atoms with Gasteiger partial charge >= 0.3 is 0 Å². The maximum Gasteiger partial charge on any atom is 0.163 e. The molecule has 0 radical (unpaired) electrons. The van der Waals surface area contributed by atoms with Gasteiger partial charge < -0.3 is 5.32 Å². The molecule has 4 nitrogen and oxygen atoms in total. The van der Waals surface area contributed by atoms with Crippen LogP contribution in [0, 0.1) is 0 Å². The SMILES string of the molecule is c1cncc(-c2nc(NCCc3cccs3)c3ccccc3n2)c1. The van der Waals surface area contributed by atoms with Crippen molar-refractivity contribution in [2.75, 3.05) is 11.9 Å². The van der Waals surface area contributed by atoms with Gasteiger partial charge in [-0.15, -0.1) is 11.3 Å². The molecule has 0 amide bonds. The van der Waals surface area contributed by atoms with Crippen molar-refractivity contribution in [1.29, 1.82) is 0 Å². The summed E-state index contributed by atoms with van der Waals surface area (Å²) in [5, 5.41) is 6.62. The lowest BCUT2D eigenvalue weighted by Crippen LogP contribution is -2.07. The third-order valence-corrected chi connectivity index (χ3v) is 4.70. The number of rotatable bonds is 5. The summed E-state index contributed by atoms with van der Waals surface area (Å²) in [6, 6.07) is 16.2. The quantitative estimate of drug-likeness (QED) is 0.588. The van der Waals surface area contributed by atoms with Crippen molar-refractivity contribution in [3.63, 3.8) is 0 Å². The molecule has 4 aromatic rings. The molecule has 4 rings (SSSR count). The summed E-state index contributed by atoms with van der Waals surface area (Å²) in [6.45, 7) is 0.841. The van der Waals surface area contributed by atoms with E-state index in [9.17, 15) is 0 Å². The largest absolute Gasteiger partial charge is 0.369 e. The normalized spacial score (nSPS) is 10.8. The molecule has 5 heteroatoms. The number of nitrogens with one attached hydrogen (secondary N) is 1. The fourth-order valence-electron chi connectivity index (χ4n) is 2.59. The van der Waals surface area contributed by atoms with Crippen molar-refractivity contribution in [3.8, 4) is 11.4 Å². The Bertz CT molecular complexity index is 936. The van der Waals surface area contributed by atoms with Gasteiger partial charge in [-0.3, -0.25) is 4.98 Å². The fourth-order valence-corrected chi connectivity index (χ4v) is 3.30. The summed E-state index contributed by atoms with van der Waals surface area (Å²) in [7, 11) is 0. The lowest BCUT2D eigenvalue weighted by molar-refractivity contribution is 1.03. The zero-order valence-electron chi connectivity index (χ0n) is 13.0. The highest BCUT2D eigenvalue weighted by molar-refractivity contribution is 7.09. The molecule has 1 N–H and O–H groups in total. The van der Waals surface area contributed by atoms with Crippen molar-refractivity contribution >= 4 is 28.1 Å². The Balaban J connectivity index is 1.67. The molecule has 0 aliphatic heterocycles. The summed E-state index contributed by atoms with van der Waals surface area (Å²) in [6.07, 6.45) is 4.53. The van der Waals surface area contributed by atoms with E-state index in [1.807, 2.05) is 30.3 Å². The van der Waals surface area contributed by atoms with Crippen LogP contribution in [0.1, 0.15) is 4.88 Å². The van der Waals surface area contributed by atoms with Crippen LogP contribution in [0.5, 0.6) is 0 Å². The van der Waals surface area contributed by atoms with Crippen LogP contribution in [0.25, 0.3) is 22.3 Å². The molecule has 0 aliphatic rings. The molecule has 118 valence electrons. The van der Waals surface area contributed by atoms with Gasteiger partial charge in [-0.05, 0) is 42.1 Å². The van der Waals surface area contributed by atoms with Gasteiger partial charge in [0.2, 0.25) is 0 Å². The second kappa shape index (κ2) is 6.76. The first-order valence-corrected chi connectivity index (χ1v) is 8.71. The van der Waals surface area contributed by atoms with E-state index in [0.29, 0.717) is 5.82 Å². The summed E-state index contributed by atoms with van der Waals surface area (Å²) in [5.41, 5.74) is 1.86. The van der Waals surface area contributed by atoms with Gasteiger partial charge in [-0.25, -0.2) is 9.97 Å². The predicted molar refractivity (Wildman–Crippen MR) is 99.3 cm³/mol. The zero-order valence-corrected chi connectivity index (χ0v) is 13.8. The topological polar surface area (TPSA) is 50.7 Å². The number of benzene rings is 1. The molecule has 0 saturated heterocycles. The Kier molecular flexibility index (Phi) is 4.16. The number of hydrogen-bond acceptors (Lipinski definition) is 5. The molecule has 0 atom stereocenters. The van der Waals surface area contributed by atoms with Gasteiger partial charge in [0.15, 0.2) is 5.82 Å². The van der Waals surface area contributed by atoms with E-state index >= 15 is 0 Å². The smallest absolute Gasteiger partial charge is 0.163 e. The van der Waals surface area contributed by atoms with E-state index in [1.54, 1.807) is 23.7 Å². The molecule has 3 heterocycles. The van der Waals surface area contributed by atoms with Crippen LogP contribution < -0.4 is 5.32 Å². The van der Waals surface area contributed by atoms with Crippen LogP contribution in [-0.2, 0) is 6.42 Å². The maximum absolute atomic E-state index is 4.73. The van der Waals surface area contributed by atoms with Crippen LogP contribution in [0.15, 0.2) is 66.3 Å². The van der Waals surface area contributed by atoms with E-state index < -0.39 is 0 Å². The van der Waals surface area contributed by atoms with Crippen molar-refractivity contribution in [1.82, 2.24) is 15.0 Å². The average Bonchev–Trinajstić information content (AvgIpc) is 3.16. The number of nitrogens with zero attached hydrogens (tertiary/aromatic N) is 3. The molecule has 3 aromatic heterocycles. The van der Waals surface area contributed by atoms with Crippen LogP contribution in [0.2, 0.25) is 0 Å². The van der Waals surface area contributed by atoms with E-state index in [-0.39, 0.29) is 0 Å². The summed E-state index contributed by atoms with van der Waals surface area (Å²) < 4.78 is 0. The third-order valence-electron chi connectivity index (χ3n) is 3.77. The van der Waals surface area contributed by atoms with Gasteiger partial charge in [0.25, 0.3) is 0 Å². The van der Waals surface area contributed by atoms with Gasteiger partial charge in [0.1, 0.15) is 5.82 Å². The monoisotopic (exact) mass is 332 g/mol. The number of aromatic nitrogens is 3. The van der Waals surface area contributed by atoms with Gasteiger partial charge in [-0.2, -0.15) is 0 Å². The second-order valence-electron chi connectivity index (χ2n) is 5.41. The molecule has 0 spiro atoms. The molecule has 0 unspecified atom stereocenters. The Morgan fingerprint density at radius 1 is 0.958 bits per heavy atom. The Morgan fingerprint density at radius 2 is 1.92 bits per heavy atom. The van der Waals surface area contributed by atoms with E-state index in [1.165, 1.54) is 4.88 Å². The molecular formula is C19H16N4S. The summed E-state index contributed by atoms with van der Waals surface area (Å²) >= 11 is 1.78. The lowest BCUT2D eigenvalue weighted by atomic mass is 10.2. The summed E-state index contributed by atoms with van der Waals surface area (Å²) in [5.74, 6) is 1.57. The standard InChI is InChI=1S/C19H16N4S/c1-2-8-17-16(7-1)19(21-11-9-15-6-4-12-24-15)23-18(22-17)14-5-3-10-20-13-14/h1-8,10,12-13H,9,11H2,(H,21,22,23). The molecule has 0 aliphatic carbocycles.